The zero-order valence-electron chi connectivity index (χ0n) is 14.6. The van der Waals surface area contributed by atoms with Gasteiger partial charge in [-0.05, 0) is 41.4 Å². The Balaban J connectivity index is 2.10. The molecule has 6 nitrogen and oxygen atoms in total. The van der Waals surface area contributed by atoms with Crippen LogP contribution in [0.25, 0.3) is 0 Å². The van der Waals surface area contributed by atoms with E-state index in [0.717, 1.165) is 10.5 Å². The van der Waals surface area contributed by atoms with Gasteiger partial charge in [0.1, 0.15) is 0 Å². The van der Waals surface area contributed by atoms with Gasteiger partial charge in [-0.3, -0.25) is 14.9 Å². The first-order chi connectivity index (χ1) is 12.0. The molecule has 1 saturated heterocycles. The van der Waals surface area contributed by atoms with E-state index in [0.29, 0.717) is 12.0 Å². The molecule has 0 unspecified atom stereocenters. The number of benzene rings is 1. The quantitative estimate of drug-likeness (QED) is 0.590. The molecule has 1 aromatic rings. The number of piperidine rings is 1. The number of nitrogens with zero attached hydrogens (tertiary/aromatic N) is 2. The topological polar surface area (TPSA) is 72.7 Å². The van der Waals surface area contributed by atoms with Crippen molar-refractivity contribution in [2.45, 2.75) is 44.3 Å². The number of carbonyl (C=O) groups excluding carboxylic acids is 1. The van der Waals surface area contributed by atoms with Crippen molar-refractivity contribution in [1.82, 2.24) is 4.90 Å². The van der Waals surface area contributed by atoms with Crippen LogP contribution in [0.2, 0.25) is 0 Å². The van der Waals surface area contributed by atoms with E-state index < -0.39 is 28.5 Å². The molecule has 9 heteroatoms. The predicted molar refractivity (Wildman–Crippen MR) is 86.0 cm³/mol. The van der Waals surface area contributed by atoms with Crippen LogP contribution in [0.1, 0.15) is 31.4 Å². The Kier molecular flexibility index (Phi) is 4.16. The summed E-state index contributed by atoms with van der Waals surface area (Å²) in [5.74, 6) is -1.93. The number of carbonyl (C=O) groups is 1. The van der Waals surface area contributed by atoms with Crippen LogP contribution in [0.15, 0.2) is 12.1 Å². The second kappa shape index (κ2) is 5.85. The Bertz CT molecular complexity index is 780. The van der Waals surface area contributed by atoms with E-state index >= 15 is 0 Å². The van der Waals surface area contributed by atoms with Crippen molar-refractivity contribution >= 4 is 11.6 Å². The molecule has 3 rings (SSSR count). The normalized spacial score (nSPS) is 27.7. The fourth-order valence-corrected chi connectivity index (χ4v) is 4.37. The molecule has 26 heavy (non-hydrogen) atoms. The molecule has 3 atom stereocenters. The number of halogens is 3. The Labute approximate surface area is 148 Å². The van der Waals surface area contributed by atoms with Gasteiger partial charge in [0.25, 0.3) is 0 Å². The average molecular weight is 372 g/mol. The summed E-state index contributed by atoms with van der Waals surface area (Å²) in [6, 6.07) is 2.34. The first kappa shape index (κ1) is 18.5. The number of methoxy groups -OCH3 is 1. The Morgan fingerprint density at radius 2 is 2.08 bits per heavy atom. The van der Waals surface area contributed by atoms with Gasteiger partial charge in [-0.1, -0.05) is 13.8 Å². The summed E-state index contributed by atoms with van der Waals surface area (Å²) < 4.78 is 44.0. The number of hydrogen-bond acceptors (Lipinski definition) is 4. The molecule has 0 radical (unpaired) electrons. The molecule has 0 aromatic heterocycles. The van der Waals surface area contributed by atoms with E-state index in [4.69, 9.17) is 4.74 Å². The van der Waals surface area contributed by atoms with Gasteiger partial charge in [-0.2, -0.15) is 13.2 Å². The molecule has 2 bridgehead atoms. The van der Waals surface area contributed by atoms with E-state index in [1.54, 1.807) is 6.07 Å². The Hall–Kier alpha value is -2.32. The highest BCUT2D eigenvalue weighted by atomic mass is 19.4. The van der Waals surface area contributed by atoms with Crippen molar-refractivity contribution in [2.24, 2.45) is 5.92 Å². The summed E-state index contributed by atoms with van der Waals surface area (Å²) in [5.41, 5.74) is 0.741. The molecule has 1 heterocycles. The van der Waals surface area contributed by atoms with E-state index in [1.807, 2.05) is 13.8 Å². The van der Waals surface area contributed by atoms with Crippen molar-refractivity contribution in [3.8, 4) is 5.75 Å². The second-order valence-corrected chi connectivity index (χ2v) is 7.16. The first-order valence-corrected chi connectivity index (χ1v) is 8.24. The summed E-state index contributed by atoms with van der Waals surface area (Å²) >= 11 is 0. The molecule has 1 aliphatic heterocycles. The monoisotopic (exact) mass is 372 g/mol. The highest BCUT2D eigenvalue weighted by Gasteiger charge is 2.54. The number of likely N-dealkylation sites (tertiary alicyclic amines) is 1. The lowest BCUT2D eigenvalue weighted by molar-refractivity contribution is -0.385. The lowest BCUT2D eigenvalue weighted by Crippen LogP contribution is -2.61. The third kappa shape index (κ3) is 2.60. The van der Waals surface area contributed by atoms with E-state index in [9.17, 15) is 28.1 Å². The summed E-state index contributed by atoms with van der Waals surface area (Å²) in [4.78, 5) is 23.4. The number of ether oxygens (including phenoxy) is 1. The minimum Gasteiger partial charge on any atom is -0.490 e. The van der Waals surface area contributed by atoms with Gasteiger partial charge in [0.2, 0.25) is 0 Å². The van der Waals surface area contributed by atoms with Crippen LogP contribution in [-0.2, 0) is 16.6 Å². The maximum atomic E-state index is 12.9. The third-order valence-electron chi connectivity index (χ3n) is 6.00. The SMILES string of the molecule is COc1cc2c(cc1[N+](=O)[O-])C[C@@H]1[C@@H](C)[C@@]2(C)CCN1C(=O)C(F)(F)F. The van der Waals surface area contributed by atoms with Crippen molar-refractivity contribution in [3.63, 3.8) is 0 Å². The van der Waals surface area contributed by atoms with Crippen molar-refractivity contribution in [1.29, 1.82) is 0 Å². The molecular weight excluding hydrogens is 353 g/mol. The van der Waals surface area contributed by atoms with E-state index in [1.165, 1.54) is 13.2 Å². The van der Waals surface area contributed by atoms with Gasteiger partial charge < -0.3 is 9.64 Å². The lowest BCUT2D eigenvalue weighted by Gasteiger charge is -2.54. The van der Waals surface area contributed by atoms with Crippen LogP contribution < -0.4 is 4.74 Å². The number of rotatable bonds is 2. The van der Waals surface area contributed by atoms with Crippen LogP contribution >= 0.6 is 0 Å². The van der Waals surface area contributed by atoms with Gasteiger partial charge in [-0.15, -0.1) is 0 Å². The zero-order chi connectivity index (χ0) is 19.4. The van der Waals surface area contributed by atoms with Crippen LogP contribution in [0.5, 0.6) is 5.75 Å². The zero-order valence-corrected chi connectivity index (χ0v) is 14.6. The van der Waals surface area contributed by atoms with Crippen molar-refractivity contribution in [2.75, 3.05) is 13.7 Å². The molecule has 1 aliphatic carbocycles. The molecular formula is C17H19F3N2O4. The van der Waals surface area contributed by atoms with Crippen LogP contribution in [0.4, 0.5) is 18.9 Å². The standard InChI is InChI=1S/C17H19F3N2O4/c1-9-12-6-10-7-13(22(24)25)14(26-3)8-11(10)16(9,2)4-5-21(12)15(23)17(18,19)20/h7-9,12H,4-6H2,1-3H3/t9-,12-,16-/m1/s1. The molecule has 0 N–H and O–H groups in total. The maximum absolute atomic E-state index is 12.9. The molecule has 142 valence electrons. The maximum Gasteiger partial charge on any atom is 0.471 e. The van der Waals surface area contributed by atoms with Crippen molar-refractivity contribution in [3.05, 3.63) is 33.4 Å². The number of amides is 1. The summed E-state index contributed by atoms with van der Waals surface area (Å²) in [7, 11) is 1.34. The van der Waals surface area contributed by atoms with E-state index in [-0.39, 0.29) is 30.3 Å². The van der Waals surface area contributed by atoms with Gasteiger partial charge in [-0.25, -0.2) is 0 Å². The molecule has 2 aliphatic rings. The minimum atomic E-state index is -4.93. The van der Waals surface area contributed by atoms with E-state index in [2.05, 4.69) is 0 Å². The Morgan fingerprint density at radius 3 is 2.62 bits per heavy atom. The molecule has 0 saturated carbocycles. The number of alkyl halides is 3. The summed E-state index contributed by atoms with van der Waals surface area (Å²) in [5, 5.41) is 11.3. The fraction of sp³-hybridized carbons (Fsp3) is 0.588. The Morgan fingerprint density at radius 1 is 1.42 bits per heavy atom. The second-order valence-electron chi connectivity index (χ2n) is 7.16. The third-order valence-corrected chi connectivity index (χ3v) is 6.00. The number of hydrogen-bond donors (Lipinski definition) is 0. The van der Waals surface area contributed by atoms with Crippen LogP contribution in [0.3, 0.4) is 0 Å². The number of nitro groups is 1. The van der Waals surface area contributed by atoms with Crippen LogP contribution in [-0.4, -0.2) is 41.6 Å². The molecule has 1 amide bonds. The summed E-state index contributed by atoms with van der Waals surface area (Å²) in [6.07, 6.45) is -4.43. The highest BCUT2D eigenvalue weighted by Crippen LogP contribution is 2.51. The molecule has 1 aromatic carbocycles. The average Bonchev–Trinajstić information content (AvgIpc) is 2.55. The number of fused-ring (bicyclic) bond motifs is 4. The molecule has 0 spiro atoms. The van der Waals surface area contributed by atoms with Gasteiger partial charge in [0, 0.05) is 18.7 Å². The van der Waals surface area contributed by atoms with Gasteiger partial charge >= 0.3 is 17.8 Å². The summed E-state index contributed by atoms with van der Waals surface area (Å²) in [6.45, 7) is 3.77. The minimum absolute atomic E-state index is 0.00257. The first-order valence-electron chi connectivity index (χ1n) is 8.24. The van der Waals surface area contributed by atoms with Gasteiger partial charge in [0.15, 0.2) is 5.75 Å². The van der Waals surface area contributed by atoms with Crippen LogP contribution in [0, 0.1) is 16.0 Å². The fourth-order valence-electron chi connectivity index (χ4n) is 4.37. The van der Waals surface area contributed by atoms with Gasteiger partial charge in [0.05, 0.1) is 12.0 Å². The smallest absolute Gasteiger partial charge is 0.471 e. The number of nitro benzene ring substituents is 1. The highest BCUT2D eigenvalue weighted by molar-refractivity contribution is 5.82. The predicted octanol–water partition coefficient (Wildman–Crippen LogP) is 3.22. The van der Waals surface area contributed by atoms with Crippen molar-refractivity contribution < 1.29 is 27.6 Å². The molecule has 1 fully saturated rings. The largest absolute Gasteiger partial charge is 0.490 e. The lowest BCUT2D eigenvalue weighted by atomic mass is 9.59.